The first kappa shape index (κ1) is 18.9. The number of hydrogen-bond acceptors (Lipinski definition) is 6. The molecule has 29 heavy (non-hydrogen) atoms. The van der Waals surface area contributed by atoms with Crippen molar-refractivity contribution in [3.05, 3.63) is 72.2 Å². The van der Waals surface area contributed by atoms with Crippen LogP contribution in [0.2, 0.25) is 0 Å². The molecule has 0 saturated carbocycles. The van der Waals surface area contributed by atoms with Gasteiger partial charge in [0.05, 0.1) is 5.69 Å². The highest BCUT2D eigenvalue weighted by Gasteiger charge is 2.17. The van der Waals surface area contributed by atoms with Crippen molar-refractivity contribution in [3.63, 3.8) is 0 Å². The van der Waals surface area contributed by atoms with Gasteiger partial charge in [0.15, 0.2) is 11.6 Å². The van der Waals surface area contributed by atoms with E-state index in [4.69, 9.17) is 4.74 Å². The number of nitrogens with one attached hydrogen (secondary N) is 2. The summed E-state index contributed by atoms with van der Waals surface area (Å²) in [5.41, 5.74) is 2.04. The molecule has 0 atom stereocenters. The molecule has 0 spiro atoms. The number of amides is 2. The van der Waals surface area contributed by atoms with E-state index in [1.54, 1.807) is 54.6 Å². The summed E-state index contributed by atoms with van der Waals surface area (Å²) >= 11 is 1.59. The summed E-state index contributed by atoms with van der Waals surface area (Å²) in [7, 11) is 0. The van der Waals surface area contributed by atoms with Crippen molar-refractivity contribution < 1.29 is 14.3 Å². The first-order chi connectivity index (χ1) is 14.2. The van der Waals surface area contributed by atoms with Crippen LogP contribution in [-0.2, 0) is 11.4 Å². The van der Waals surface area contributed by atoms with E-state index in [0.29, 0.717) is 35.8 Å². The predicted molar refractivity (Wildman–Crippen MR) is 111 cm³/mol. The Kier molecular flexibility index (Phi) is 5.71. The van der Waals surface area contributed by atoms with Gasteiger partial charge >= 0.3 is 0 Å². The van der Waals surface area contributed by atoms with Gasteiger partial charge in [-0.3, -0.25) is 14.6 Å². The first-order valence-corrected chi connectivity index (χ1v) is 10.0. The number of carbonyl (C=O) groups is 2. The molecule has 4 rings (SSSR count). The number of fused-ring (bicyclic) bond motifs is 1. The summed E-state index contributed by atoms with van der Waals surface area (Å²) < 4.78 is 5.82. The number of carbonyl (C=O) groups excluding carboxylic acids is 2. The van der Waals surface area contributed by atoms with Crippen LogP contribution in [0.3, 0.4) is 0 Å². The van der Waals surface area contributed by atoms with Crippen molar-refractivity contribution >= 4 is 35.1 Å². The van der Waals surface area contributed by atoms with Gasteiger partial charge in [-0.05, 0) is 48.0 Å². The number of benzene rings is 1. The first-order valence-electron chi connectivity index (χ1n) is 9.04. The zero-order valence-corrected chi connectivity index (χ0v) is 16.2. The Bertz CT molecular complexity index is 1040. The lowest BCUT2D eigenvalue weighted by atomic mass is 10.2. The van der Waals surface area contributed by atoms with E-state index in [-0.39, 0.29) is 11.8 Å². The molecule has 1 aliphatic heterocycles. The zero-order valence-electron chi connectivity index (χ0n) is 15.4. The van der Waals surface area contributed by atoms with Gasteiger partial charge in [-0.1, -0.05) is 0 Å². The fourth-order valence-corrected chi connectivity index (χ4v) is 3.72. The Morgan fingerprint density at radius 1 is 1.17 bits per heavy atom. The Morgan fingerprint density at radius 2 is 2.03 bits per heavy atom. The van der Waals surface area contributed by atoms with Crippen LogP contribution in [0.1, 0.15) is 22.3 Å². The second-order valence-corrected chi connectivity index (χ2v) is 7.44. The minimum atomic E-state index is -0.330. The highest BCUT2D eigenvalue weighted by Crippen LogP contribution is 2.32. The highest BCUT2D eigenvalue weighted by atomic mass is 32.2. The van der Waals surface area contributed by atoms with E-state index in [1.807, 2.05) is 18.2 Å². The molecule has 2 aromatic heterocycles. The Hall–Kier alpha value is -3.39. The standard InChI is InChI=1S/C21H18N4O3S/c26-19-7-11-29-18-4-3-15(12-16(18)24-19)21(27)25-20-17(2-1-8-23-20)28-13-14-5-9-22-10-6-14/h1-6,8-10,12H,7,11,13H2,(H,24,26)(H,23,25,27). The second-order valence-electron chi connectivity index (χ2n) is 6.31. The number of thioether (sulfide) groups is 1. The third kappa shape index (κ3) is 4.72. The molecular formula is C21H18N4O3S. The third-order valence-electron chi connectivity index (χ3n) is 4.25. The van der Waals surface area contributed by atoms with Crippen molar-refractivity contribution in [1.82, 2.24) is 9.97 Å². The minimum Gasteiger partial charge on any atom is -0.485 e. The molecule has 3 heterocycles. The number of aromatic nitrogens is 2. The summed E-state index contributed by atoms with van der Waals surface area (Å²) in [4.78, 5) is 33.7. The third-order valence-corrected chi connectivity index (χ3v) is 5.32. The topological polar surface area (TPSA) is 93.2 Å². The van der Waals surface area contributed by atoms with Gasteiger partial charge in [0.25, 0.3) is 5.91 Å². The van der Waals surface area contributed by atoms with Gasteiger partial charge in [0, 0.05) is 41.2 Å². The maximum atomic E-state index is 12.8. The molecule has 7 nitrogen and oxygen atoms in total. The number of ether oxygens (including phenoxy) is 1. The van der Waals surface area contributed by atoms with E-state index in [9.17, 15) is 9.59 Å². The molecule has 0 saturated heterocycles. The quantitative estimate of drug-likeness (QED) is 0.670. The van der Waals surface area contributed by atoms with Crippen molar-refractivity contribution in [1.29, 1.82) is 0 Å². The molecule has 3 aromatic rings. The van der Waals surface area contributed by atoms with Crippen LogP contribution in [0.15, 0.2) is 66.0 Å². The lowest BCUT2D eigenvalue weighted by Gasteiger charge is -2.12. The maximum Gasteiger partial charge on any atom is 0.256 e. The second kappa shape index (κ2) is 8.74. The highest BCUT2D eigenvalue weighted by molar-refractivity contribution is 7.99. The minimum absolute atomic E-state index is 0.0506. The number of anilines is 2. The molecular weight excluding hydrogens is 388 g/mol. The van der Waals surface area contributed by atoms with Gasteiger partial charge in [-0.2, -0.15) is 0 Å². The molecule has 0 fully saturated rings. The molecule has 2 amide bonds. The monoisotopic (exact) mass is 406 g/mol. The molecule has 0 unspecified atom stereocenters. The van der Waals surface area contributed by atoms with Crippen LogP contribution in [0.4, 0.5) is 11.5 Å². The number of pyridine rings is 2. The van der Waals surface area contributed by atoms with Gasteiger partial charge in [-0.25, -0.2) is 4.98 Å². The summed E-state index contributed by atoms with van der Waals surface area (Å²) in [6.07, 6.45) is 5.43. The van der Waals surface area contributed by atoms with Gasteiger partial charge in [0.1, 0.15) is 6.61 Å². The normalized spacial score (nSPS) is 13.0. The van der Waals surface area contributed by atoms with E-state index in [2.05, 4.69) is 20.6 Å². The van der Waals surface area contributed by atoms with Crippen LogP contribution in [0.5, 0.6) is 5.75 Å². The molecule has 0 bridgehead atoms. The Labute approximate surface area is 171 Å². The van der Waals surface area contributed by atoms with Crippen LogP contribution in [0, 0.1) is 0 Å². The SMILES string of the molecule is O=C1CCSc2ccc(C(=O)Nc3ncccc3OCc3ccncc3)cc2N1. The van der Waals surface area contributed by atoms with Crippen LogP contribution in [0.25, 0.3) is 0 Å². The lowest BCUT2D eigenvalue weighted by Crippen LogP contribution is -2.15. The molecule has 0 radical (unpaired) electrons. The number of nitrogens with zero attached hydrogens (tertiary/aromatic N) is 2. The molecule has 1 aromatic carbocycles. The van der Waals surface area contributed by atoms with Crippen LogP contribution < -0.4 is 15.4 Å². The number of rotatable bonds is 5. The van der Waals surface area contributed by atoms with Gasteiger partial charge < -0.3 is 15.4 Å². The smallest absolute Gasteiger partial charge is 0.256 e. The van der Waals surface area contributed by atoms with E-state index in [1.165, 1.54) is 0 Å². The van der Waals surface area contributed by atoms with E-state index < -0.39 is 0 Å². The fraction of sp³-hybridized carbons (Fsp3) is 0.143. The fourth-order valence-electron chi connectivity index (χ4n) is 2.78. The summed E-state index contributed by atoms with van der Waals surface area (Å²) in [5, 5.41) is 5.64. The molecule has 2 N–H and O–H groups in total. The Balaban J connectivity index is 1.49. The van der Waals surface area contributed by atoms with E-state index in [0.717, 1.165) is 16.2 Å². The van der Waals surface area contributed by atoms with Crippen molar-refractivity contribution in [2.75, 3.05) is 16.4 Å². The predicted octanol–water partition coefficient (Wildman–Crippen LogP) is 3.74. The molecule has 8 heteroatoms. The van der Waals surface area contributed by atoms with E-state index >= 15 is 0 Å². The molecule has 1 aliphatic rings. The lowest BCUT2D eigenvalue weighted by molar-refractivity contribution is -0.115. The van der Waals surface area contributed by atoms with Gasteiger partial charge in [-0.15, -0.1) is 11.8 Å². The maximum absolute atomic E-state index is 12.8. The van der Waals surface area contributed by atoms with Crippen LogP contribution >= 0.6 is 11.8 Å². The average molecular weight is 406 g/mol. The van der Waals surface area contributed by atoms with Gasteiger partial charge in [0.2, 0.25) is 5.91 Å². The average Bonchev–Trinajstić information content (AvgIpc) is 2.93. The largest absolute Gasteiger partial charge is 0.485 e. The Morgan fingerprint density at radius 3 is 2.90 bits per heavy atom. The van der Waals surface area contributed by atoms with Crippen molar-refractivity contribution in [2.45, 2.75) is 17.9 Å². The van der Waals surface area contributed by atoms with Crippen molar-refractivity contribution in [3.8, 4) is 5.75 Å². The summed E-state index contributed by atoms with van der Waals surface area (Å²) in [6.45, 7) is 0.333. The number of hydrogen-bond donors (Lipinski definition) is 2. The summed E-state index contributed by atoms with van der Waals surface area (Å²) in [5.74, 6) is 1.14. The van der Waals surface area contributed by atoms with Crippen LogP contribution in [-0.4, -0.2) is 27.5 Å². The van der Waals surface area contributed by atoms with Crippen molar-refractivity contribution in [2.24, 2.45) is 0 Å². The molecule has 0 aliphatic carbocycles. The zero-order chi connectivity index (χ0) is 20.1. The molecule has 146 valence electrons. The summed E-state index contributed by atoms with van der Waals surface area (Å²) in [6, 6.07) is 12.5.